The number of hydroxylamine groups is 1. The van der Waals surface area contributed by atoms with E-state index in [9.17, 15) is 9.36 Å². The van der Waals surface area contributed by atoms with Crippen molar-refractivity contribution in [1.82, 2.24) is 5.48 Å². The molecule has 0 unspecified atom stereocenters. The molecule has 6 nitrogen and oxygen atoms in total. The predicted octanol–water partition coefficient (Wildman–Crippen LogP) is 9.20. The minimum atomic E-state index is -3.78. The smallest absolute Gasteiger partial charge is 0.324 e. The fourth-order valence-corrected chi connectivity index (χ4v) is 5.54. The van der Waals surface area contributed by atoms with Crippen LogP contribution in [0.4, 0.5) is 0 Å². The van der Waals surface area contributed by atoms with Gasteiger partial charge >= 0.3 is 7.60 Å². The summed E-state index contributed by atoms with van der Waals surface area (Å²) in [5, 5.41) is 8.43. The number of unbranched alkanes of at least 4 members (excludes halogenated alkanes) is 25. The van der Waals surface area contributed by atoms with Crippen LogP contribution in [0.15, 0.2) is 0 Å². The zero-order valence-electron chi connectivity index (χ0n) is 23.4. The summed E-state index contributed by atoms with van der Waals surface area (Å²) < 4.78 is 10.8. The molecule has 216 valence electrons. The van der Waals surface area contributed by atoms with E-state index >= 15 is 0 Å². The zero-order valence-corrected chi connectivity index (χ0v) is 24.3. The van der Waals surface area contributed by atoms with E-state index in [0.717, 1.165) is 25.7 Å². The molecule has 0 fully saturated rings. The van der Waals surface area contributed by atoms with Gasteiger partial charge in [0.1, 0.15) is 0 Å². The lowest BCUT2D eigenvalue weighted by molar-refractivity contribution is -0.129. The van der Waals surface area contributed by atoms with E-state index in [1.807, 2.05) is 0 Å². The first-order valence-corrected chi connectivity index (χ1v) is 17.2. The van der Waals surface area contributed by atoms with E-state index in [4.69, 9.17) is 15.0 Å². The summed E-state index contributed by atoms with van der Waals surface area (Å²) in [6.07, 6.45) is 33.6. The van der Waals surface area contributed by atoms with Crippen LogP contribution in [0, 0.1) is 0 Å². The topological polar surface area (TPSA) is 107 Å². The minimum absolute atomic E-state index is 0.0504. The number of hydrogen-bond donors (Lipinski definition) is 4. The maximum absolute atomic E-state index is 10.9. The van der Waals surface area contributed by atoms with Crippen LogP contribution in [0.1, 0.15) is 173 Å². The highest BCUT2D eigenvalue weighted by atomic mass is 31.2. The molecule has 0 aromatic heterocycles. The third-order valence-corrected chi connectivity index (χ3v) is 8.13. The van der Waals surface area contributed by atoms with Gasteiger partial charge in [0.2, 0.25) is 5.91 Å². The molecule has 0 bridgehead atoms. The zero-order chi connectivity index (χ0) is 26.6. The second kappa shape index (κ2) is 27.6. The van der Waals surface area contributed by atoms with E-state index in [-0.39, 0.29) is 12.1 Å². The number of hydrogen-bond acceptors (Lipinski definition) is 3. The lowest BCUT2D eigenvalue weighted by atomic mass is 10.0. The van der Waals surface area contributed by atoms with Gasteiger partial charge in [0.25, 0.3) is 0 Å². The standard InChI is InChI=1S/C29H60NO5P/c31-29(30-32)27-25-23-21-19-17-15-13-11-9-7-5-3-1-2-4-6-8-10-12-14-16-18-20-22-24-26-28-36(33,34)35/h32H,1-28H2,(H,30,31)(H2,33,34,35). The Bertz CT molecular complexity index is 512. The van der Waals surface area contributed by atoms with Crippen LogP contribution < -0.4 is 5.48 Å². The van der Waals surface area contributed by atoms with Gasteiger partial charge in [-0.1, -0.05) is 154 Å². The lowest BCUT2D eigenvalue weighted by Gasteiger charge is -2.05. The van der Waals surface area contributed by atoms with Crippen molar-refractivity contribution in [3.05, 3.63) is 0 Å². The molecule has 36 heavy (non-hydrogen) atoms. The van der Waals surface area contributed by atoms with Crippen LogP contribution >= 0.6 is 7.60 Å². The van der Waals surface area contributed by atoms with Crippen molar-refractivity contribution < 1.29 is 24.4 Å². The van der Waals surface area contributed by atoms with Gasteiger partial charge in [-0.15, -0.1) is 0 Å². The van der Waals surface area contributed by atoms with Crippen molar-refractivity contribution in [3.8, 4) is 0 Å². The minimum Gasteiger partial charge on any atom is -0.324 e. The molecule has 0 aliphatic heterocycles. The van der Waals surface area contributed by atoms with Crippen LogP contribution in [-0.4, -0.2) is 27.1 Å². The largest absolute Gasteiger partial charge is 0.325 e. The van der Waals surface area contributed by atoms with Crippen molar-refractivity contribution >= 4 is 13.5 Å². The van der Waals surface area contributed by atoms with Crippen molar-refractivity contribution in [1.29, 1.82) is 0 Å². The monoisotopic (exact) mass is 533 g/mol. The number of carbonyl (C=O) groups excluding carboxylic acids is 1. The van der Waals surface area contributed by atoms with E-state index in [1.54, 1.807) is 5.48 Å². The molecule has 0 saturated heterocycles. The van der Waals surface area contributed by atoms with Crippen molar-refractivity contribution in [2.24, 2.45) is 0 Å². The molecular formula is C29H60NO5P. The Labute approximate surface area is 222 Å². The van der Waals surface area contributed by atoms with Crippen LogP contribution in [0.3, 0.4) is 0 Å². The highest BCUT2D eigenvalue weighted by molar-refractivity contribution is 7.51. The normalized spacial score (nSPS) is 11.8. The molecular weight excluding hydrogens is 473 g/mol. The molecule has 0 atom stereocenters. The Morgan fingerprint density at radius 1 is 0.444 bits per heavy atom. The third-order valence-electron chi connectivity index (χ3n) is 7.23. The van der Waals surface area contributed by atoms with Crippen molar-refractivity contribution in [2.75, 3.05) is 6.16 Å². The number of nitrogens with one attached hydrogen (secondary N) is 1. The molecule has 0 radical (unpaired) electrons. The Morgan fingerprint density at radius 3 is 0.889 bits per heavy atom. The fraction of sp³-hybridized carbons (Fsp3) is 0.966. The van der Waals surface area contributed by atoms with Crippen molar-refractivity contribution in [3.63, 3.8) is 0 Å². The molecule has 1 amide bonds. The Hall–Kier alpha value is -0.420. The molecule has 0 spiro atoms. The van der Waals surface area contributed by atoms with Crippen LogP contribution in [0.2, 0.25) is 0 Å². The summed E-state index contributed by atoms with van der Waals surface area (Å²) in [5.41, 5.74) is 1.69. The molecule has 0 heterocycles. The van der Waals surface area contributed by atoms with Crippen molar-refractivity contribution in [2.45, 2.75) is 173 Å². The van der Waals surface area contributed by atoms with E-state index in [1.165, 1.54) is 135 Å². The van der Waals surface area contributed by atoms with Gasteiger partial charge in [-0.3, -0.25) is 14.6 Å². The Morgan fingerprint density at radius 2 is 0.667 bits per heavy atom. The Balaban J connectivity index is 3.06. The van der Waals surface area contributed by atoms with Gasteiger partial charge in [-0.25, -0.2) is 5.48 Å². The molecule has 0 aliphatic carbocycles. The van der Waals surface area contributed by atoms with E-state index in [2.05, 4.69) is 0 Å². The predicted molar refractivity (Wildman–Crippen MR) is 151 cm³/mol. The summed E-state index contributed by atoms with van der Waals surface area (Å²) in [5.74, 6) is -0.268. The molecule has 4 N–H and O–H groups in total. The molecule has 7 heteroatoms. The Kier molecular flexibility index (Phi) is 27.3. The summed E-state index contributed by atoms with van der Waals surface area (Å²) >= 11 is 0. The van der Waals surface area contributed by atoms with Gasteiger partial charge in [0, 0.05) is 12.6 Å². The second-order valence-electron chi connectivity index (χ2n) is 10.9. The highest BCUT2D eigenvalue weighted by Gasteiger charge is 2.10. The maximum atomic E-state index is 10.9. The van der Waals surface area contributed by atoms with Crippen LogP contribution in [0.5, 0.6) is 0 Å². The van der Waals surface area contributed by atoms with Crippen LogP contribution in [-0.2, 0) is 9.36 Å². The molecule has 0 aliphatic rings. The van der Waals surface area contributed by atoms with Crippen LogP contribution in [0.25, 0.3) is 0 Å². The molecule has 0 aromatic carbocycles. The highest BCUT2D eigenvalue weighted by Crippen LogP contribution is 2.35. The molecule has 0 rings (SSSR count). The first-order valence-electron chi connectivity index (χ1n) is 15.4. The third kappa shape index (κ3) is 31.6. The first kappa shape index (κ1) is 35.6. The maximum Gasteiger partial charge on any atom is 0.325 e. The molecule has 0 aromatic rings. The van der Waals surface area contributed by atoms with Gasteiger partial charge < -0.3 is 9.79 Å². The van der Waals surface area contributed by atoms with Gasteiger partial charge in [-0.2, -0.15) is 0 Å². The SMILES string of the molecule is O=C(CCCCCCCCCCCCCCCCCCCCCCCCCCCCP(=O)(O)O)NO. The van der Waals surface area contributed by atoms with E-state index < -0.39 is 7.60 Å². The van der Waals surface area contributed by atoms with E-state index in [0.29, 0.717) is 12.8 Å². The van der Waals surface area contributed by atoms with Gasteiger partial charge in [-0.05, 0) is 12.8 Å². The summed E-state index contributed by atoms with van der Waals surface area (Å²) in [7, 11) is -3.78. The summed E-state index contributed by atoms with van der Waals surface area (Å²) in [6.45, 7) is 0. The number of rotatable bonds is 29. The lowest BCUT2D eigenvalue weighted by Crippen LogP contribution is -2.17. The second-order valence-corrected chi connectivity index (χ2v) is 12.6. The quantitative estimate of drug-likeness (QED) is 0.0332. The molecule has 0 saturated carbocycles. The van der Waals surface area contributed by atoms with Gasteiger partial charge in [0.05, 0.1) is 0 Å². The number of carbonyl (C=O) groups is 1. The average Bonchev–Trinajstić information content (AvgIpc) is 2.84. The average molecular weight is 534 g/mol. The van der Waals surface area contributed by atoms with Gasteiger partial charge in [0.15, 0.2) is 0 Å². The summed E-state index contributed by atoms with van der Waals surface area (Å²) in [6, 6.07) is 0. The number of amides is 1. The first-order chi connectivity index (χ1) is 17.5. The fourth-order valence-electron chi connectivity index (χ4n) is 4.90. The summed E-state index contributed by atoms with van der Waals surface area (Å²) in [4.78, 5) is 28.5.